The van der Waals surface area contributed by atoms with Crippen LogP contribution in [0.4, 0.5) is 0 Å². The molecule has 1 saturated carbocycles. The summed E-state index contributed by atoms with van der Waals surface area (Å²) in [5.74, 6) is 1.50. The van der Waals surface area contributed by atoms with Crippen LogP contribution in [-0.4, -0.2) is 25.0 Å². The van der Waals surface area contributed by atoms with Crippen molar-refractivity contribution in [2.24, 2.45) is 5.92 Å². The summed E-state index contributed by atoms with van der Waals surface area (Å²) in [5.41, 5.74) is 1.46. The van der Waals surface area contributed by atoms with E-state index >= 15 is 0 Å². The van der Waals surface area contributed by atoms with Gasteiger partial charge in [-0.05, 0) is 56.2 Å². The van der Waals surface area contributed by atoms with Gasteiger partial charge >= 0.3 is 0 Å². The van der Waals surface area contributed by atoms with Gasteiger partial charge in [-0.15, -0.1) is 0 Å². The number of benzene rings is 1. The first-order chi connectivity index (χ1) is 9.81. The molecule has 3 heteroatoms. The molecule has 1 heterocycles. The van der Waals surface area contributed by atoms with E-state index in [0.29, 0.717) is 24.3 Å². The Hall–Kier alpha value is -1.35. The maximum absolute atomic E-state index is 11.9. The predicted molar refractivity (Wildman–Crippen MR) is 80.6 cm³/mol. The molecule has 1 aromatic carbocycles. The number of amides is 1. The van der Waals surface area contributed by atoms with E-state index < -0.39 is 0 Å². The average Bonchev–Trinajstić information content (AvgIpc) is 2.45. The average molecular weight is 272 g/mol. The molecule has 0 spiro atoms. The zero-order chi connectivity index (χ0) is 13.8. The maximum Gasteiger partial charge on any atom is 0.220 e. The molecule has 2 fully saturated rings. The fraction of sp³-hybridized carbons (Fsp3) is 0.588. The molecule has 2 N–H and O–H groups in total. The lowest BCUT2D eigenvalue weighted by atomic mass is 9.81. The maximum atomic E-state index is 11.9. The van der Waals surface area contributed by atoms with E-state index in [1.165, 1.54) is 18.4 Å². The molecule has 3 rings (SSSR count). The second-order valence-corrected chi connectivity index (χ2v) is 6.26. The summed E-state index contributed by atoms with van der Waals surface area (Å²) >= 11 is 0. The summed E-state index contributed by atoms with van der Waals surface area (Å²) in [4.78, 5) is 11.9. The molecule has 1 aromatic rings. The monoisotopic (exact) mass is 272 g/mol. The molecule has 1 saturated heterocycles. The van der Waals surface area contributed by atoms with Gasteiger partial charge in [-0.25, -0.2) is 0 Å². The molecule has 1 aliphatic heterocycles. The van der Waals surface area contributed by atoms with Gasteiger partial charge in [-0.1, -0.05) is 30.3 Å². The van der Waals surface area contributed by atoms with E-state index in [9.17, 15) is 4.79 Å². The predicted octanol–water partition coefficient (Wildman–Crippen LogP) is 2.44. The van der Waals surface area contributed by atoms with Gasteiger partial charge in [0, 0.05) is 12.5 Å². The van der Waals surface area contributed by atoms with Gasteiger partial charge in [-0.3, -0.25) is 4.79 Å². The quantitative estimate of drug-likeness (QED) is 0.884. The minimum atomic E-state index is 0.250. The van der Waals surface area contributed by atoms with Crippen molar-refractivity contribution in [1.29, 1.82) is 0 Å². The number of nitrogens with one attached hydrogen (secondary N) is 2. The first-order valence-corrected chi connectivity index (χ1v) is 7.86. The lowest BCUT2D eigenvalue weighted by Gasteiger charge is -2.31. The number of carbonyl (C=O) groups excluding carboxylic acids is 1. The fourth-order valence-electron chi connectivity index (χ4n) is 3.34. The smallest absolute Gasteiger partial charge is 0.220 e. The highest BCUT2D eigenvalue weighted by molar-refractivity contribution is 5.76. The molecule has 2 aliphatic rings. The van der Waals surface area contributed by atoms with Crippen LogP contribution < -0.4 is 10.6 Å². The third-order valence-electron chi connectivity index (χ3n) is 4.70. The van der Waals surface area contributed by atoms with Crippen molar-refractivity contribution in [2.75, 3.05) is 13.1 Å². The first kappa shape index (κ1) is 13.6. The highest BCUT2D eigenvalue weighted by Gasteiger charge is 2.25. The van der Waals surface area contributed by atoms with Crippen molar-refractivity contribution in [1.82, 2.24) is 10.6 Å². The third-order valence-corrected chi connectivity index (χ3v) is 4.70. The molecule has 1 amide bonds. The van der Waals surface area contributed by atoms with Crippen molar-refractivity contribution in [3.8, 4) is 0 Å². The lowest BCUT2D eigenvalue weighted by Crippen LogP contribution is -2.46. The van der Waals surface area contributed by atoms with E-state index in [-0.39, 0.29) is 5.91 Å². The van der Waals surface area contributed by atoms with Gasteiger partial charge in [0.05, 0.1) is 0 Å². The zero-order valence-electron chi connectivity index (χ0n) is 12.0. The second kappa shape index (κ2) is 6.40. The summed E-state index contributed by atoms with van der Waals surface area (Å²) in [7, 11) is 0. The van der Waals surface area contributed by atoms with Crippen molar-refractivity contribution in [3.63, 3.8) is 0 Å². The molecule has 0 bridgehead atoms. The molecule has 0 radical (unpaired) electrons. The molecule has 0 unspecified atom stereocenters. The summed E-state index contributed by atoms with van der Waals surface area (Å²) in [6.07, 6.45) is 5.33. The number of carbonyl (C=O) groups is 1. The second-order valence-electron chi connectivity index (χ2n) is 6.26. The normalized spacial score (nSPS) is 26.8. The van der Waals surface area contributed by atoms with Crippen molar-refractivity contribution < 1.29 is 4.79 Å². The third kappa shape index (κ3) is 3.40. The molecule has 20 heavy (non-hydrogen) atoms. The van der Waals surface area contributed by atoms with E-state index in [2.05, 4.69) is 41.0 Å². The minimum Gasteiger partial charge on any atom is -0.353 e. The Morgan fingerprint density at radius 3 is 2.40 bits per heavy atom. The summed E-state index contributed by atoms with van der Waals surface area (Å²) < 4.78 is 0. The van der Waals surface area contributed by atoms with Crippen LogP contribution >= 0.6 is 0 Å². The molecular weight excluding hydrogens is 248 g/mol. The van der Waals surface area contributed by atoms with Gasteiger partial charge in [0.25, 0.3) is 0 Å². The molecule has 0 atom stereocenters. The van der Waals surface area contributed by atoms with Crippen LogP contribution in [0, 0.1) is 5.92 Å². The Balaban J connectivity index is 1.43. The first-order valence-electron chi connectivity index (χ1n) is 7.86. The Morgan fingerprint density at radius 1 is 1.10 bits per heavy atom. The van der Waals surface area contributed by atoms with E-state index in [4.69, 9.17) is 0 Å². The standard InChI is InChI=1S/C17H24N2O/c20-17(10-13-11-18-12-13)19-16-8-6-15(7-9-16)14-4-2-1-3-5-14/h1-5,13,15-16,18H,6-12H2,(H,19,20). The largest absolute Gasteiger partial charge is 0.353 e. The van der Waals surface area contributed by atoms with E-state index in [1.54, 1.807) is 0 Å². The molecule has 1 aliphatic carbocycles. The van der Waals surface area contributed by atoms with Crippen LogP contribution in [0.2, 0.25) is 0 Å². The highest BCUT2D eigenvalue weighted by Crippen LogP contribution is 2.32. The fourth-order valence-corrected chi connectivity index (χ4v) is 3.34. The van der Waals surface area contributed by atoms with Crippen LogP contribution in [-0.2, 0) is 4.79 Å². The van der Waals surface area contributed by atoms with Crippen LogP contribution in [0.25, 0.3) is 0 Å². The Labute approximate surface area is 121 Å². The van der Waals surface area contributed by atoms with Gasteiger partial charge in [0.2, 0.25) is 5.91 Å². The van der Waals surface area contributed by atoms with Crippen LogP contribution in [0.5, 0.6) is 0 Å². The van der Waals surface area contributed by atoms with Crippen LogP contribution in [0.15, 0.2) is 30.3 Å². The Bertz CT molecular complexity index is 434. The van der Waals surface area contributed by atoms with Crippen molar-refractivity contribution >= 4 is 5.91 Å². The summed E-state index contributed by atoms with van der Waals surface area (Å²) in [6.45, 7) is 2.02. The topological polar surface area (TPSA) is 41.1 Å². The van der Waals surface area contributed by atoms with Gasteiger partial charge in [0.15, 0.2) is 0 Å². The lowest BCUT2D eigenvalue weighted by molar-refractivity contribution is -0.123. The van der Waals surface area contributed by atoms with Gasteiger partial charge in [0.1, 0.15) is 0 Å². The van der Waals surface area contributed by atoms with Crippen molar-refractivity contribution in [3.05, 3.63) is 35.9 Å². The molecule has 108 valence electrons. The molecular formula is C17H24N2O. The van der Waals surface area contributed by atoms with Crippen molar-refractivity contribution in [2.45, 2.75) is 44.1 Å². The number of hydrogen-bond acceptors (Lipinski definition) is 2. The van der Waals surface area contributed by atoms with Gasteiger partial charge in [-0.2, -0.15) is 0 Å². The van der Waals surface area contributed by atoms with E-state index in [1.807, 2.05) is 0 Å². The highest BCUT2D eigenvalue weighted by atomic mass is 16.1. The SMILES string of the molecule is O=C(CC1CNC1)NC1CCC(c2ccccc2)CC1. The van der Waals surface area contributed by atoms with Crippen LogP contribution in [0.3, 0.4) is 0 Å². The molecule has 0 aromatic heterocycles. The minimum absolute atomic E-state index is 0.250. The zero-order valence-corrected chi connectivity index (χ0v) is 12.0. The summed E-state index contributed by atoms with van der Waals surface area (Å²) in [5, 5.41) is 6.44. The Morgan fingerprint density at radius 2 is 1.80 bits per heavy atom. The molecule has 3 nitrogen and oxygen atoms in total. The van der Waals surface area contributed by atoms with Gasteiger partial charge < -0.3 is 10.6 Å². The van der Waals surface area contributed by atoms with Crippen LogP contribution in [0.1, 0.15) is 43.6 Å². The summed E-state index contributed by atoms with van der Waals surface area (Å²) in [6, 6.07) is 11.2. The van der Waals surface area contributed by atoms with E-state index in [0.717, 1.165) is 25.9 Å². The number of hydrogen-bond donors (Lipinski definition) is 2. The Kier molecular flexibility index (Phi) is 4.36. The number of rotatable bonds is 4.